The minimum absolute atomic E-state index is 0.0482. The number of piperidine rings is 1. The molecule has 23 heavy (non-hydrogen) atoms. The summed E-state index contributed by atoms with van der Waals surface area (Å²) < 4.78 is 38.6. The largest absolute Gasteiger partial charge is 0.433 e. The second-order valence-corrected chi connectivity index (χ2v) is 6.33. The van der Waals surface area contributed by atoms with Crippen LogP contribution in [0.3, 0.4) is 0 Å². The van der Waals surface area contributed by atoms with Gasteiger partial charge in [0.25, 0.3) is 0 Å². The van der Waals surface area contributed by atoms with E-state index in [9.17, 15) is 13.2 Å². The zero-order chi connectivity index (χ0) is 16.1. The summed E-state index contributed by atoms with van der Waals surface area (Å²) in [6.45, 7) is 1.37. The highest BCUT2D eigenvalue weighted by molar-refractivity contribution is 5.44. The zero-order valence-corrected chi connectivity index (χ0v) is 12.4. The summed E-state index contributed by atoms with van der Waals surface area (Å²) in [6, 6.07) is 1.04. The Balaban J connectivity index is 1.64. The Hall–Kier alpha value is -2.12. The van der Waals surface area contributed by atoms with Gasteiger partial charge in [-0.25, -0.2) is 9.97 Å². The molecule has 1 spiro atoms. The van der Waals surface area contributed by atoms with E-state index >= 15 is 0 Å². The van der Waals surface area contributed by atoms with Crippen LogP contribution in [0.2, 0.25) is 0 Å². The summed E-state index contributed by atoms with van der Waals surface area (Å²) in [7, 11) is 0. The average Bonchev–Trinajstić information content (AvgIpc) is 3.12. The van der Waals surface area contributed by atoms with Crippen LogP contribution in [0, 0.1) is 0 Å². The molecule has 1 atom stereocenters. The first-order chi connectivity index (χ1) is 11.0. The molecule has 2 aromatic rings. The Morgan fingerprint density at radius 1 is 1.22 bits per heavy atom. The van der Waals surface area contributed by atoms with Gasteiger partial charge in [0, 0.05) is 30.3 Å². The summed E-state index contributed by atoms with van der Waals surface area (Å²) in [5, 5.41) is 7.22. The minimum atomic E-state index is -4.45. The number of hydrogen-bond donors (Lipinski definition) is 1. The summed E-state index contributed by atoms with van der Waals surface area (Å²) >= 11 is 0. The highest BCUT2D eigenvalue weighted by Gasteiger charge is 2.44. The third-order valence-corrected chi connectivity index (χ3v) is 4.97. The Morgan fingerprint density at radius 2 is 2.09 bits per heavy atom. The van der Waals surface area contributed by atoms with Gasteiger partial charge in [-0.05, 0) is 31.2 Å². The van der Waals surface area contributed by atoms with E-state index in [2.05, 4.69) is 20.2 Å². The Bertz CT molecular complexity index is 726. The molecule has 8 heteroatoms. The van der Waals surface area contributed by atoms with Gasteiger partial charge in [0.2, 0.25) is 0 Å². The summed E-state index contributed by atoms with van der Waals surface area (Å²) in [5.74, 6) is 0.347. The second-order valence-electron chi connectivity index (χ2n) is 6.33. The third kappa shape index (κ3) is 2.36. The first-order valence-corrected chi connectivity index (χ1v) is 7.65. The Morgan fingerprint density at radius 3 is 2.91 bits per heavy atom. The fourth-order valence-corrected chi connectivity index (χ4v) is 3.87. The van der Waals surface area contributed by atoms with Crippen molar-refractivity contribution in [3.8, 4) is 0 Å². The van der Waals surface area contributed by atoms with Crippen molar-refractivity contribution < 1.29 is 13.2 Å². The average molecular weight is 323 g/mol. The number of H-pyrrole nitrogens is 1. The van der Waals surface area contributed by atoms with E-state index in [1.54, 1.807) is 0 Å². The van der Waals surface area contributed by atoms with Gasteiger partial charge in [0.05, 0.1) is 6.20 Å². The number of halogens is 3. The number of aromatic amines is 1. The normalized spacial score (nSPS) is 24.2. The number of rotatable bonds is 1. The van der Waals surface area contributed by atoms with Crippen molar-refractivity contribution in [1.29, 1.82) is 0 Å². The molecule has 0 aromatic carbocycles. The number of alkyl halides is 3. The van der Waals surface area contributed by atoms with Crippen LogP contribution in [-0.4, -0.2) is 33.3 Å². The van der Waals surface area contributed by atoms with Crippen LogP contribution in [0.4, 0.5) is 19.0 Å². The SMILES string of the molecule is FC(F)(F)c1cc(N2CCCC3(CCc4cn[nH]c43)C2)ncn1. The van der Waals surface area contributed by atoms with Crippen LogP contribution in [-0.2, 0) is 18.0 Å². The lowest BCUT2D eigenvalue weighted by Gasteiger charge is -2.41. The quantitative estimate of drug-likeness (QED) is 0.877. The van der Waals surface area contributed by atoms with Crippen LogP contribution in [0.25, 0.3) is 0 Å². The number of fused-ring (bicyclic) bond motifs is 2. The molecule has 2 aromatic heterocycles. The lowest BCUT2D eigenvalue weighted by atomic mass is 9.77. The summed E-state index contributed by atoms with van der Waals surface area (Å²) in [6.07, 6.45) is 2.32. The fourth-order valence-electron chi connectivity index (χ4n) is 3.87. The van der Waals surface area contributed by atoms with E-state index in [0.717, 1.165) is 43.8 Å². The molecule has 1 saturated heterocycles. The molecule has 1 unspecified atom stereocenters. The van der Waals surface area contributed by atoms with Crippen LogP contribution in [0.5, 0.6) is 0 Å². The fraction of sp³-hybridized carbons (Fsp3) is 0.533. The number of nitrogens with one attached hydrogen (secondary N) is 1. The number of hydrogen-bond acceptors (Lipinski definition) is 4. The molecule has 4 rings (SSSR count). The molecule has 2 aliphatic rings. The first-order valence-electron chi connectivity index (χ1n) is 7.65. The minimum Gasteiger partial charge on any atom is -0.356 e. The van der Waals surface area contributed by atoms with Gasteiger partial charge in [0.15, 0.2) is 0 Å². The van der Waals surface area contributed by atoms with E-state index in [4.69, 9.17) is 0 Å². The molecule has 1 N–H and O–H groups in total. The van der Waals surface area contributed by atoms with Crippen LogP contribution < -0.4 is 4.90 Å². The lowest BCUT2D eigenvalue weighted by Crippen LogP contribution is -2.45. The van der Waals surface area contributed by atoms with E-state index in [1.807, 2.05) is 11.1 Å². The van der Waals surface area contributed by atoms with E-state index < -0.39 is 11.9 Å². The molecule has 0 amide bonds. The first kappa shape index (κ1) is 14.5. The molecule has 3 heterocycles. The molecule has 1 fully saturated rings. The summed E-state index contributed by atoms with van der Waals surface area (Å²) in [5.41, 5.74) is 1.43. The number of nitrogens with zero attached hydrogens (tertiary/aromatic N) is 4. The van der Waals surface area contributed by atoms with Crippen molar-refractivity contribution in [3.63, 3.8) is 0 Å². The van der Waals surface area contributed by atoms with Crippen molar-refractivity contribution in [1.82, 2.24) is 20.2 Å². The third-order valence-electron chi connectivity index (χ3n) is 4.97. The molecule has 0 radical (unpaired) electrons. The van der Waals surface area contributed by atoms with Gasteiger partial charge in [0.1, 0.15) is 17.8 Å². The molecule has 5 nitrogen and oxygen atoms in total. The van der Waals surface area contributed by atoms with Crippen molar-refractivity contribution in [2.45, 2.75) is 37.3 Å². The Labute approximate surface area is 130 Å². The molecular weight excluding hydrogens is 307 g/mol. The van der Waals surface area contributed by atoms with Crippen molar-refractivity contribution in [3.05, 3.63) is 35.5 Å². The molecule has 1 aliphatic heterocycles. The van der Waals surface area contributed by atoms with Gasteiger partial charge >= 0.3 is 6.18 Å². The number of aryl methyl sites for hydroxylation is 1. The van der Waals surface area contributed by atoms with E-state index in [1.165, 1.54) is 5.56 Å². The molecule has 1 aliphatic carbocycles. The van der Waals surface area contributed by atoms with Gasteiger partial charge in [-0.2, -0.15) is 18.3 Å². The molecule has 0 bridgehead atoms. The van der Waals surface area contributed by atoms with E-state index in [0.29, 0.717) is 18.9 Å². The highest BCUT2D eigenvalue weighted by atomic mass is 19.4. The van der Waals surface area contributed by atoms with Gasteiger partial charge in [-0.1, -0.05) is 0 Å². The number of aromatic nitrogens is 4. The predicted molar refractivity (Wildman–Crippen MR) is 77.1 cm³/mol. The summed E-state index contributed by atoms with van der Waals surface area (Å²) in [4.78, 5) is 9.35. The van der Waals surface area contributed by atoms with E-state index in [-0.39, 0.29) is 5.41 Å². The number of anilines is 1. The van der Waals surface area contributed by atoms with Gasteiger partial charge in [-0.3, -0.25) is 5.10 Å². The lowest BCUT2D eigenvalue weighted by molar-refractivity contribution is -0.141. The molecule has 122 valence electrons. The standard InChI is InChI=1S/C15H16F3N5/c16-15(17,18)11-6-12(20-9-19-11)23-5-1-3-14(8-23)4-2-10-7-21-22-13(10)14/h6-7,9H,1-5,8H2,(H,21,22). The maximum atomic E-state index is 12.9. The maximum Gasteiger partial charge on any atom is 0.433 e. The topological polar surface area (TPSA) is 57.7 Å². The maximum absolute atomic E-state index is 12.9. The predicted octanol–water partition coefficient (Wildman–Crippen LogP) is 2.70. The van der Waals surface area contributed by atoms with Crippen LogP contribution in [0.1, 0.15) is 36.2 Å². The smallest absolute Gasteiger partial charge is 0.356 e. The van der Waals surface area contributed by atoms with Crippen molar-refractivity contribution >= 4 is 5.82 Å². The van der Waals surface area contributed by atoms with Gasteiger partial charge < -0.3 is 4.90 Å². The van der Waals surface area contributed by atoms with Crippen LogP contribution >= 0.6 is 0 Å². The van der Waals surface area contributed by atoms with Gasteiger partial charge in [-0.15, -0.1) is 0 Å². The molecular formula is C15H16F3N5. The second kappa shape index (κ2) is 4.94. The monoisotopic (exact) mass is 323 g/mol. The molecule has 0 saturated carbocycles. The highest BCUT2D eigenvalue weighted by Crippen LogP contribution is 2.44. The Kier molecular flexibility index (Phi) is 3.11. The van der Waals surface area contributed by atoms with Crippen molar-refractivity contribution in [2.24, 2.45) is 0 Å². The zero-order valence-electron chi connectivity index (χ0n) is 12.4. The van der Waals surface area contributed by atoms with Crippen LogP contribution in [0.15, 0.2) is 18.6 Å². The van der Waals surface area contributed by atoms with Crippen molar-refractivity contribution in [2.75, 3.05) is 18.0 Å².